The number of nitrogens with zero attached hydrogens (tertiary/aromatic N) is 1. The molecule has 0 saturated heterocycles. The minimum atomic E-state index is -1.22. The zero-order chi connectivity index (χ0) is 30.2. The summed E-state index contributed by atoms with van der Waals surface area (Å²) in [5, 5.41) is 19.5. The normalized spacial score (nSPS) is 11.9. The first-order valence-electron chi connectivity index (χ1n) is 13.7. The maximum absolute atomic E-state index is 14.0. The number of ether oxygens (including phenoxy) is 1. The van der Waals surface area contributed by atoms with Gasteiger partial charge >= 0.3 is 5.97 Å². The molecule has 1 aliphatic heterocycles. The lowest BCUT2D eigenvalue weighted by Gasteiger charge is -2.22. The first-order chi connectivity index (χ1) is 20.7. The summed E-state index contributed by atoms with van der Waals surface area (Å²) in [5.41, 5.74) is 9.34. The summed E-state index contributed by atoms with van der Waals surface area (Å²) >= 11 is 1.55. The molecule has 5 aromatic rings. The fourth-order valence-corrected chi connectivity index (χ4v) is 6.04. The molecule has 3 aromatic carbocycles. The number of benzene rings is 3. The monoisotopic (exact) mass is 592 g/mol. The highest BCUT2D eigenvalue weighted by atomic mass is 32.1. The molecule has 0 fully saturated rings. The Morgan fingerprint density at radius 1 is 0.977 bits per heavy atom. The molecule has 6 rings (SSSR count). The van der Waals surface area contributed by atoms with Crippen molar-refractivity contribution in [2.75, 3.05) is 17.6 Å². The molecule has 10 heteroatoms. The van der Waals surface area contributed by atoms with E-state index in [-0.39, 0.29) is 28.5 Å². The molecule has 0 atom stereocenters. The summed E-state index contributed by atoms with van der Waals surface area (Å²) in [6.45, 7) is 4.77. The van der Waals surface area contributed by atoms with Gasteiger partial charge in [-0.1, -0.05) is 19.9 Å². The van der Waals surface area contributed by atoms with Gasteiger partial charge in [0.25, 0.3) is 11.8 Å². The summed E-state index contributed by atoms with van der Waals surface area (Å²) in [6, 6.07) is 17.0. The number of carboxylic acids is 1. The topological polar surface area (TPSA) is 144 Å². The molecule has 0 bridgehead atoms. The summed E-state index contributed by atoms with van der Waals surface area (Å²) in [5.74, 6) is -0.851. The van der Waals surface area contributed by atoms with Gasteiger partial charge in [-0.3, -0.25) is 9.59 Å². The molecule has 2 aromatic heterocycles. The smallest absolute Gasteiger partial charge is 0.336 e. The molecular formula is C33H28N4O5S. The van der Waals surface area contributed by atoms with Gasteiger partial charge < -0.3 is 26.2 Å². The first-order valence-corrected chi connectivity index (χ1v) is 14.6. The van der Waals surface area contributed by atoms with Crippen LogP contribution in [0.4, 0.5) is 11.5 Å². The number of rotatable bonds is 7. The minimum absolute atomic E-state index is 0.104. The SMILES string of the molecule is CC(C)CNC(=O)c1ccc(-c2cc3c(cc2C(=O)Nc2ccc4c(N)nccc4c2)-c2sccc2CO3)c(C(=O)O)c1. The third-order valence-electron chi connectivity index (χ3n) is 7.27. The fourth-order valence-electron chi connectivity index (χ4n) is 5.10. The lowest BCUT2D eigenvalue weighted by atomic mass is 9.90. The minimum Gasteiger partial charge on any atom is -0.488 e. The Morgan fingerprint density at radius 2 is 1.81 bits per heavy atom. The van der Waals surface area contributed by atoms with Gasteiger partial charge in [0.1, 0.15) is 18.2 Å². The van der Waals surface area contributed by atoms with Crippen LogP contribution in [-0.2, 0) is 6.61 Å². The largest absolute Gasteiger partial charge is 0.488 e. The summed E-state index contributed by atoms with van der Waals surface area (Å²) < 4.78 is 6.05. The van der Waals surface area contributed by atoms with Gasteiger partial charge in [-0.05, 0) is 82.4 Å². The van der Waals surface area contributed by atoms with E-state index < -0.39 is 11.9 Å². The number of nitrogen functional groups attached to an aromatic ring is 1. The maximum Gasteiger partial charge on any atom is 0.336 e. The van der Waals surface area contributed by atoms with E-state index in [2.05, 4.69) is 15.6 Å². The Kier molecular flexibility index (Phi) is 7.29. The molecule has 0 unspecified atom stereocenters. The second kappa shape index (κ2) is 11.2. The molecule has 5 N–H and O–H groups in total. The van der Waals surface area contributed by atoms with E-state index in [9.17, 15) is 19.5 Å². The number of aromatic nitrogens is 1. The zero-order valence-electron chi connectivity index (χ0n) is 23.4. The number of carboxylic acid groups (broad SMARTS) is 1. The molecule has 0 aliphatic carbocycles. The van der Waals surface area contributed by atoms with Crippen molar-refractivity contribution in [3.8, 4) is 27.3 Å². The van der Waals surface area contributed by atoms with Crippen LogP contribution < -0.4 is 21.1 Å². The van der Waals surface area contributed by atoms with Crippen molar-refractivity contribution in [2.24, 2.45) is 5.92 Å². The molecule has 2 amide bonds. The van der Waals surface area contributed by atoms with E-state index in [4.69, 9.17) is 10.5 Å². The highest BCUT2D eigenvalue weighted by Gasteiger charge is 2.26. The van der Waals surface area contributed by atoms with Gasteiger partial charge in [0.05, 0.1) is 5.56 Å². The summed E-state index contributed by atoms with van der Waals surface area (Å²) in [4.78, 5) is 44.3. The van der Waals surface area contributed by atoms with Crippen LogP contribution in [0.5, 0.6) is 5.75 Å². The molecule has 216 valence electrons. The van der Waals surface area contributed by atoms with Crippen molar-refractivity contribution in [3.05, 3.63) is 94.5 Å². The van der Waals surface area contributed by atoms with Gasteiger partial charge in [0.2, 0.25) is 0 Å². The number of hydrogen-bond donors (Lipinski definition) is 4. The Labute approximate surface area is 251 Å². The number of amides is 2. The van der Waals surface area contributed by atoms with Crippen molar-refractivity contribution in [3.63, 3.8) is 0 Å². The van der Waals surface area contributed by atoms with Crippen molar-refractivity contribution >= 4 is 51.4 Å². The Morgan fingerprint density at radius 3 is 2.60 bits per heavy atom. The maximum atomic E-state index is 14.0. The van der Waals surface area contributed by atoms with Gasteiger partial charge in [0.15, 0.2) is 0 Å². The average molecular weight is 593 g/mol. The highest BCUT2D eigenvalue weighted by molar-refractivity contribution is 7.13. The van der Waals surface area contributed by atoms with Crippen LogP contribution in [0.15, 0.2) is 72.2 Å². The van der Waals surface area contributed by atoms with Crippen molar-refractivity contribution < 1.29 is 24.2 Å². The number of carbonyl (C=O) groups excluding carboxylic acids is 2. The van der Waals surface area contributed by atoms with Crippen LogP contribution in [0.3, 0.4) is 0 Å². The second-order valence-corrected chi connectivity index (χ2v) is 11.6. The van der Waals surface area contributed by atoms with Crippen molar-refractivity contribution in [1.82, 2.24) is 10.3 Å². The number of thiophene rings is 1. The molecule has 0 spiro atoms. The van der Waals surface area contributed by atoms with E-state index in [1.54, 1.807) is 66.1 Å². The molecule has 43 heavy (non-hydrogen) atoms. The van der Waals surface area contributed by atoms with Gasteiger partial charge in [-0.2, -0.15) is 0 Å². The first kappa shape index (κ1) is 27.9. The summed E-state index contributed by atoms with van der Waals surface area (Å²) in [7, 11) is 0. The molecule has 1 aliphatic rings. The lowest BCUT2D eigenvalue weighted by molar-refractivity contribution is 0.0697. The number of anilines is 2. The van der Waals surface area contributed by atoms with Crippen LogP contribution in [0.25, 0.3) is 32.3 Å². The number of carbonyl (C=O) groups is 3. The van der Waals surface area contributed by atoms with Gasteiger partial charge in [-0.25, -0.2) is 9.78 Å². The third kappa shape index (κ3) is 5.40. The van der Waals surface area contributed by atoms with E-state index in [1.807, 2.05) is 25.3 Å². The predicted molar refractivity (Wildman–Crippen MR) is 168 cm³/mol. The number of pyridine rings is 1. The number of nitrogens with one attached hydrogen (secondary N) is 2. The standard InChI is InChI=1S/C33H28N4O5S/c1-17(2)15-36-31(38)19-3-5-23(26(12-19)33(40)41)24-14-28-27(29-20(16-42-28)8-10-43-29)13-25(24)32(39)37-21-4-6-22-18(11-21)7-9-35-30(22)34/h3-14,17H,15-16H2,1-2H3,(H2,34,35)(H,36,38)(H,37,39)(H,40,41). The van der Waals surface area contributed by atoms with E-state index >= 15 is 0 Å². The molecule has 3 heterocycles. The number of aromatic carboxylic acids is 1. The van der Waals surface area contributed by atoms with Gasteiger partial charge in [0, 0.05) is 50.9 Å². The number of hydrogen-bond acceptors (Lipinski definition) is 7. The van der Waals surface area contributed by atoms with E-state index in [0.29, 0.717) is 41.5 Å². The van der Waals surface area contributed by atoms with Crippen molar-refractivity contribution in [1.29, 1.82) is 0 Å². The van der Waals surface area contributed by atoms with Crippen LogP contribution in [0.1, 0.15) is 50.5 Å². The van der Waals surface area contributed by atoms with Crippen LogP contribution in [0.2, 0.25) is 0 Å². The van der Waals surface area contributed by atoms with E-state index in [1.165, 1.54) is 6.07 Å². The predicted octanol–water partition coefficient (Wildman–Crippen LogP) is 6.44. The van der Waals surface area contributed by atoms with Crippen LogP contribution in [-0.4, -0.2) is 34.4 Å². The zero-order valence-corrected chi connectivity index (χ0v) is 24.2. The van der Waals surface area contributed by atoms with Crippen LogP contribution in [0, 0.1) is 5.92 Å². The Bertz CT molecular complexity index is 1930. The van der Waals surface area contributed by atoms with E-state index in [0.717, 1.165) is 26.8 Å². The Balaban J connectivity index is 1.46. The third-order valence-corrected chi connectivity index (χ3v) is 8.26. The average Bonchev–Trinajstić information content (AvgIpc) is 3.48. The number of fused-ring (bicyclic) bond motifs is 4. The molecule has 0 radical (unpaired) electrons. The summed E-state index contributed by atoms with van der Waals surface area (Å²) in [6.07, 6.45) is 1.60. The second-order valence-electron chi connectivity index (χ2n) is 10.7. The van der Waals surface area contributed by atoms with Crippen molar-refractivity contribution in [2.45, 2.75) is 20.5 Å². The quantitative estimate of drug-likeness (QED) is 0.170. The van der Waals surface area contributed by atoms with Crippen LogP contribution >= 0.6 is 11.3 Å². The lowest BCUT2D eigenvalue weighted by Crippen LogP contribution is -2.27. The molecule has 9 nitrogen and oxygen atoms in total. The Hall–Kier alpha value is -5.22. The number of nitrogens with two attached hydrogens (primary N) is 1. The highest BCUT2D eigenvalue weighted by Crippen LogP contribution is 2.45. The van der Waals surface area contributed by atoms with Gasteiger partial charge in [-0.15, -0.1) is 11.3 Å². The fraction of sp³-hybridized carbons (Fsp3) is 0.152. The molecular weight excluding hydrogens is 564 g/mol. The molecule has 0 saturated carbocycles.